The Bertz CT molecular complexity index is 1270. The van der Waals surface area contributed by atoms with E-state index in [9.17, 15) is 49.9 Å². The molecule has 18 heteroatoms. The Morgan fingerprint density at radius 1 is 1.07 bits per heavy atom. The Hall–Kier alpha value is -2.79. The van der Waals surface area contributed by atoms with Crippen molar-refractivity contribution < 1.29 is 59.4 Å². The number of morpholine rings is 1. The van der Waals surface area contributed by atoms with Crippen LogP contribution in [-0.2, 0) is 26.4 Å². The molecule has 0 bridgehead atoms. The number of amides is 2. The molecule has 2 aliphatic heterocycles. The first-order valence-corrected chi connectivity index (χ1v) is 13.5. The van der Waals surface area contributed by atoms with E-state index in [1.54, 1.807) is 4.90 Å². The monoisotopic (exact) mass is 616 g/mol. The van der Waals surface area contributed by atoms with Gasteiger partial charge in [0.2, 0.25) is 0 Å². The van der Waals surface area contributed by atoms with Crippen LogP contribution in [0.15, 0.2) is 42.5 Å². The van der Waals surface area contributed by atoms with Crippen LogP contribution in [0.3, 0.4) is 0 Å². The molecule has 0 spiro atoms. The maximum absolute atomic E-state index is 13.7. The molecule has 2 saturated heterocycles. The highest BCUT2D eigenvalue weighted by Gasteiger charge is 2.43. The lowest BCUT2D eigenvalue weighted by Gasteiger charge is -2.42. The lowest BCUT2D eigenvalue weighted by Crippen LogP contribution is -2.53. The van der Waals surface area contributed by atoms with Crippen LogP contribution >= 0.6 is 7.75 Å². The van der Waals surface area contributed by atoms with Crippen molar-refractivity contribution in [3.63, 3.8) is 0 Å². The molecule has 0 aliphatic carbocycles. The number of carbonyl (C=O) groups is 1. The number of nitrogens with zero attached hydrogens (tertiary/aromatic N) is 2. The second-order valence-corrected chi connectivity index (χ2v) is 10.7. The fourth-order valence-electron chi connectivity index (χ4n) is 4.49. The van der Waals surface area contributed by atoms with Gasteiger partial charge < -0.3 is 24.6 Å². The zero-order chi connectivity index (χ0) is 30.3. The van der Waals surface area contributed by atoms with Crippen molar-refractivity contribution in [2.75, 3.05) is 19.7 Å². The highest BCUT2D eigenvalue weighted by Crippen LogP contribution is 2.41. The summed E-state index contributed by atoms with van der Waals surface area (Å²) in [6.45, 7) is 1.26. The van der Waals surface area contributed by atoms with Gasteiger partial charge in [0.1, 0.15) is 12.0 Å². The summed E-state index contributed by atoms with van der Waals surface area (Å²) >= 11 is 0. The third kappa shape index (κ3) is 7.35. The molecule has 41 heavy (non-hydrogen) atoms. The lowest BCUT2D eigenvalue weighted by molar-refractivity contribution is -0.230. The van der Waals surface area contributed by atoms with Crippen LogP contribution in [0.1, 0.15) is 41.3 Å². The second-order valence-electron chi connectivity index (χ2n) is 9.30. The van der Waals surface area contributed by atoms with E-state index >= 15 is 0 Å². The zero-order valence-electron chi connectivity index (χ0n) is 21.0. The number of nitrogens with one attached hydrogen (secondary N) is 2. The highest BCUT2D eigenvalue weighted by atomic mass is 31.2. The molecule has 0 aromatic heterocycles. The minimum absolute atomic E-state index is 0.000195. The zero-order valence-corrected chi connectivity index (χ0v) is 21.9. The highest BCUT2D eigenvalue weighted by molar-refractivity contribution is 7.49. The largest absolute Gasteiger partial charge is 0.448 e. The summed E-state index contributed by atoms with van der Waals surface area (Å²) < 4.78 is 117. The normalized spacial score (nSPS) is 23.5. The molecule has 2 aliphatic rings. The number of benzene rings is 2. The van der Waals surface area contributed by atoms with E-state index < -0.39 is 73.2 Å². The molecule has 2 amide bonds. The summed E-state index contributed by atoms with van der Waals surface area (Å²) in [5.41, 5.74) is -0.724. The van der Waals surface area contributed by atoms with Crippen LogP contribution < -0.4 is 10.7 Å². The minimum atomic E-state index is -5.07. The summed E-state index contributed by atoms with van der Waals surface area (Å²) in [6.07, 6.45) is -13.8. The van der Waals surface area contributed by atoms with E-state index in [1.165, 1.54) is 19.1 Å². The first kappa shape index (κ1) is 31.2. The molecule has 4 unspecified atom stereocenters. The van der Waals surface area contributed by atoms with Crippen molar-refractivity contribution >= 4 is 13.8 Å². The van der Waals surface area contributed by atoms with E-state index in [1.807, 2.05) is 0 Å². The molecule has 2 heterocycles. The number of rotatable bonds is 7. The topological polar surface area (TPSA) is 124 Å². The number of urea groups is 1. The van der Waals surface area contributed by atoms with Crippen molar-refractivity contribution in [3.05, 3.63) is 70.5 Å². The van der Waals surface area contributed by atoms with E-state index in [4.69, 9.17) is 9.47 Å². The van der Waals surface area contributed by atoms with E-state index in [-0.39, 0.29) is 30.5 Å². The first-order chi connectivity index (χ1) is 18.9. The summed E-state index contributed by atoms with van der Waals surface area (Å²) in [5, 5.41) is 2.35. The lowest BCUT2D eigenvalue weighted by atomic mass is 10.0. The molecule has 0 saturated carbocycles. The number of hydrogen-bond donors (Lipinski definition) is 4. The molecule has 2 aromatic rings. The third-order valence-corrected chi connectivity index (χ3v) is 7.21. The van der Waals surface area contributed by atoms with Gasteiger partial charge >= 0.3 is 26.1 Å². The maximum Gasteiger partial charge on any atom is 0.448 e. The van der Waals surface area contributed by atoms with Gasteiger partial charge in [-0.15, -0.1) is 0 Å². The van der Waals surface area contributed by atoms with Gasteiger partial charge in [0.15, 0.2) is 6.29 Å². The SMILES string of the molecule is CC(OC1OCCN(CC2NC(=O)N(P(=O)(O)O)N2)C1c1ccc(F)cc1)c1cc(C(F)(F)F)cc(C(F)(F)F)c1. The molecule has 10 nitrogen and oxygen atoms in total. The van der Waals surface area contributed by atoms with Gasteiger partial charge in [-0.05, 0) is 48.4 Å². The van der Waals surface area contributed by atoms with Crippen LogP contribution in [0.2, 0.25) is 0 Å². The smallest absolute Gasteiger partial charge is 0.349 e. The number of carbonyl (C=O) groups excluding carboxylic acids is 1. The standard InChI is InChI=1S/C23H24F7N4O6P/c1-12(14-8-15(22(25,26)27)10-16(9-14)23(28,29)30)40-20-19(13-2-4-17(24)5-3-13)33(6-7-39-20)11-18-31-21(35)34(32-18)41(36,37)38/h2-5,8-10,12,18-20,32H,6-7,11H2,1H3,(H,31,35)(H2,36,37,38). The van der Waals surface area contributed by atoms with Gasteiger partial charge in [0.05, 0.1) is 29.9 Å². The number of ether oxygens (including phenoxy) is 2. The second kappa shape index (κ2) is 11.5. The van der Waals surface area contributed by atoms with Crippen molar-refractivity contribution in [1.29, 1.82) is 0 Å². The molecule has 226 valence electrons. The Labute approximate surface area is 228 Å². The molecule has 2 fully saturated rings. The maximum atomic E-state index is 13.7. The van der Waals surface area contributed by atoms with Crippen molar-refractivity contribution in [2.45, 2.75) is 43.9 Å². The average molecular weight is 616 g/mol. The molecule has 4 N–H and O–H groups in total. The number of halogens is 7. The first-order valence-electron chi connectivity index (χ1n) is 11.9. The van der Waals surface area contributed by atoms with Crippen molar-refractivity contribution in [2.24, 2.45) is 0 Å². The molecule has 2 aromatic carbocycles. The fourth-order valence-corrected chi connectivity index (χ4v) is 5.08. The third-order valence-electron chi connectivity index (χ3n) is 6.39. The van der Waals surface area contributed by atoms with Crippen molar-refractivity contribution in [3.8, 4) is 0 Å². The van der Waals surface area contributed by atoms with Crippen LogP contribution in [-0.4, -0.2) is 57.6 Å². The Morgan fingerprint density at radius 3 is 2.17 bits per heavy atom. The van der Waals surface area contributed by atoms with Gasteiger partial charge in [-0.3, -0.25) is 4.90 Å². The quantitative estimate of drug-likeness (QED) is 0.269. The Morgan fingerprint density at radius 2 is 1.66 bits per heavy atom. The van der Waals surface area contributed by atoms with Gasteiger partial charge in [-0.1, -0.05) is 12.1 Å². The van der Waals surface area contributed by atoms with E-state index in [0.29, 0.717) is 17.7 Å². The molecule has 4 atom stereocenters. The number of alkyl halides is 6. The summed E-state index contributed by atoms with van der Waals surface area (Å²) in [4.78, 5) is 32.3. The van der Waals surface area contributed by atoms with Crippen molar-refractivity contribution in [1.82, 2.24) is 20.4 Å². The Balaban J connectivity index is 1.63. The molecule has 0 radical (unpaired) electrons. The average Bonchev–Trinajstić information content (AvgIpc) is 3.24. The van der Waals surface area contributed by atoms with E-state index in [2.05, 4.69) is 10.7 Å². The van der Waals surface area contributed by atoms with Gasteiger partial charge in [0.25, 0.3) is 0 Å². The number of hydrazine groups is 1. The van der Waals surface area contributed by atoms with Gasteiger partial charge in [-0.25, -0.2) is 13.8 Å². The summed E-state index contributed by atoms with van der Waals surface area (Å²) in [6, 6.07) is 4.05. The van der Waals surface area contributed by atoms with Crippen LogP contribution in [0.4, 0.5) is 35.5 Å². The van der Waals surface area contributed by atoms with Crippen LogP contribution in [0, 0.1) is 5.82 Å². The van der Waals surface area contributed by atoms with Crippen LogP contribution in [0.5, 0.6) is 0 Å². The molecular weight excluding hydrogens is 592 g/mol. The van der Waals surface area contributed by atoms with Crippen LogP contribution in [0.25, 0.3) is 0 Å². The molecule has 4 rings (SSSR count). The summed E-state index contributed by atoms with van der Waals surface area (Å²) in [7, 11) is -5.00. The minimum Gasteiger partial charge on any atom is -0.349 e. The van der Waals surface area contributed by atoms with Gasteiger partial charge in [0, 0.05) is 13.1 Å². The Kier molecular flexibility index (Phi) is 8.72. The number of hydrogen-bond acceptors (Lipinski definition) is 6. The predicted molar refractivity (Wildman–Crippen MR) is 126 cm³/mol. The predicted octanol–water partition coefficient (Wildman–Crippen LogP) is 4.29. The van der Waals surface area contributed by atoms with E-state index in [0.717, 1.165) is 12.1 Å². The van der Waals surface area contributed by atoms with Gasteiger partial charge in [-0.2, -0.15) is 36.5 Å². The summed E-state index contributed by atoms with van der Waals surface area (Å²) in [5.74, 6) is -0.589. The fraction of sp³-hybridized carbons (Fsp3) is 0.435. The molecular formula is C23H24F7N4O6P.